The first-order valence-electron chi connectivity index (χ1n) is 6.31. The summed E-state index contributed by atoms with van der Waals surface area (Å²) in [4.78, 5) is 7.00. The molecule has 0 bridgehead atoms. The average molecular weight is 296 g/mol. The standard InChI is InChI=1S/C14H15F3N4/c1-8-5-3-4-6-10(8)9(2)19-12-7-11(14(15,16)17)20-13(18)21-12/h3-7,9H,1-2H3,(H3,18,19,20,21). The summed E-state index contributed by atoms with van der Waals surface area (Å²) in [7, 11) is 0. The molecule has 7 heteroatoms. The second-order valence-corrected chi connectivity index (χ2v) is 4.72. The van der Waals surface area contributed by atoms with Crippen LogP contribution in [0.2, 0.25) is 0 Å². The number of hydrogen-bond acceptors (Lipinski definition) is 4. The Hall–Kier alpha value is -2.31. The number of nitrogen functional groups attached to an aromatic ring is 1. The molecule has 0 fully saturated rings. The number of alkyl halides is 3. The van der Waals surface area contributed by atoms with Gasteiger partial charge in [0, 0.05) is 6.07 Å². The molecule has 1 unspecified atom stereocenters. The van der Waals surface area contributed by atoms with Crippen LogP contribution in [0.15, 0.2) is 30.3 Å². The van der Waals surface area contributed by atoms with Gasteiger partial charge >= 0.3 is 6.18 Å². The van der Waals surface area contributed by atoms with Gasteiger partial charge in [0.15, 0.2) is 5.69 Å². The summed E-state index contributed by atoms with van der Waals surface area (Å²) in [5.74, 6) is -0.366. The molecule has 1 aromatic heterocycles. The van der Waals surface area contributed by atoms with E-state index in [0.29, 0.717) is 0 Å². The number of rotatable bonds is 3. The van der Waals surface area contributed by atoms with Crippen molar-refractivity contribution in [1.29, 1.82) is 0 Å². The first kappa shape index (κ1) is 15.1. The van der Waals surface area contributed by atoms with Gasteiger partial charge in [0.05, 0.1) is 6.04 Å². The van der Waals surface area contributed by atoms with E-state index in [4.69, 9.17) is 5.73 Å². The highest BCUT2D eigenvalue weighted by molar-refractivity contribution is 5.44. The van der Waals surface area contributed by atoms with Crippen molar-refractivity contribution in [3.8, 4) is 0 Å². The van der Waals surface area contributed by atoms with Gasteiger partial charge < -0.3 is 11.1 Å². The minimum atomic E-state index is -4.56. The van der Waals surface area contributed by atoms with Gasteiger partial charge in [-0.25, -0.2) is 4.98 Å². The Balaban J connectivity index is 2.28. The van der Waals surface area contributed by atoms with E-state index in [0.717, 1.165) is 17.2 Å². The Morgan fingerprint density at radius 2 is 1.86 bits per heavy atom. The molecule has 1 atom stereocenters. The minimum absolute atomic E-state index is 0.0468. The molecule has 112 valence electrons. The van der Waals surface area contributed by atoms with E-state index in [9.17, 15) is 13.2 Å². The molecule has 2 aromatic rings. The largest absolute Gasteiger partial charge is 0.433 e. The number of hydrogen-bond donors (Lipinski definition) is 2. The van der Waals surface area contributed by atoms with E-state index in [-0.39, 0.29) is 11.9 Å². The van der Waals surface area contributed by atoms with Crippen LogP contribution in [-0.4, -0.2) is 9.97 Å². The highest BCUT2D eigenvalue weighted by Crippen LogP contribution is 2.30. The summed E-state index contributed by atoms with van der Waals surface area (Å²) in [6, 6.07) is 8.25. The van der Waals surface area contributed by atoms with Crippen molar-refractivity contribution in [2.45, 2.75) is 26.1 Å². The van der Waals surface area contributed by atoms with Crippen molar-refractivity contribution < 1.29 is 13.2 Å². The first-order chi connectivity index (χ1) is 9.77. The van der Waals surface area contributed by atoms with Crippen LogP contribution in [0, 0.1) is 6.92 Å². The Morgan fingerprint density at radius 3 is 2.48 bits per heavy atom. The monoisotopic (exact) mass is 296 g/mol. The Bertz CT molecular complexity index is 640. The molecule has 21 heavy (non-hydrogen) atoms. The van der Waals surface area contributed by atoms with Gasteiger partial charge in [-0.2, -0.15) is 18.2 Å². The van der Waals surface area contributed by atoms with E-state index in [2.05, 4.69) is 15.3 Å². The van der Waals surface area contributed by atoms with Crippen LogP contribution in [0.1, 0.15) is 29.8 Å². The SMILES string of the molecule is Cc1ccccc1C(C)Nc1cc(C(F)(F)F)nc(N)n1. The third-order valence-electron chi connectivity index (χ3n) is 3.05. The van der Waals surface area contributed by atoms with Gasteiger partial charge in [0.25, 0.3) is 0 Å². The van der Waals surface area contributed by atoms with Crippen molar-refractivity contribution in [1.82, 2.24) is 9.97 Å². The molecule has 0 aliphatic carbocycles. The molecule has 2 rings (SSSR count). The number of aryl methyl sites for hydroxylation is 1. The van der Waals surface area contributed by atoms with Crippen LogP contribution in [-0.2, 0) is 6.18 Å². The fourth-order valence-electron chi connectivity index (χ4n) is 2.06. The first-order valence-corrected chi connectivity index (χ1v) is 6.31. The molecular formula is C14H15F3N4. The highest BCUT2D eigenvalue weighted by atomic mass is 19.4. The minimum Gasteiger partial charge on any atom is -0.368 e. The van der Waals surface area contributed by atoms with Crippen LogP contribution in [0.25, 0.3) is 0 Å². The Morgan fingerprint density at radius 1 is 1.19 bits per heavy atom. The van der Waals surface area contributed by atoms with Gasteiger partial charge in [-0.15, -0.1) is 0 Å². The lowest BCUT2D eigenvalue weighted by Gasteiger charge is -2.18. The topological polar surface area (TPSA) is 63.8 Å². The summed E-state index contributed by atoms with van der Waals surface area (Å²) >= 11 is 0. The van der Waals surface area contributed by atoms with Gasteiger partial charge in [-0.3, -0.25) is 0 Å². The molecule has 3 N–H and O–H groups in total. The zero-order chi connectivity index (χ0) is 15.6. The number of nitrogens with one attached hydrogen (secondary N) is 1. The van der Waals surface area contributed by atoms with E-state index >= 15 is 0 Å². The summed E-state index contributed by atoms with van der Waals surface area (Å²) in [5.41, 5.74) is 6.29. The zero-order valence-corrected chi connectivity index (χ0v) is 11.6. The van der Waals surface area contributed by atoms with Gasteiger partial charge in [-0.1, -0.05) is 24.3 Å². The fraction of sp³-hybridized carbons (Fsp3) is 0.286. The highest BCUT2D eigenvalue weighted by Gasteiger charge is 2.33. The van der Waals surface area contributed by atoms with Crippen LogP contribution < -0.4 is 11.1 Å². The molecular weight excluding hydrogens is 281 g/mol. The smallest absolute Gasteiger partial charge is 0.368 e. The number of nitrogens with zero attached hydrogens (tertiary/aromatic N) is 2. The summed E-state index contributed by atoms with van der Waals surface area (Å²) < 4.78 is 38.1. The summed E-state index contributed by atoms with van der Waals surface area (Å²) in [5, 5.41) is 2.92. The van der Waals surface area contributed by atoms with Gasteiger partial charge in [-0.05, 0) is 25.0 Å². The maximum absolute atomic E-state index is 12.7. The molecule has 0 aliphatic rings. The lowest BCUT2D eigenvalue weighted by atomic mass is 10.0. The van der Waals surface area contributed by atoms with Crippen molar-refractivity contribution in [2.75, 3.05) is 11.1 Å². The van der Waals surface area contributed by atoms with Crippen LogP contribution in [0.4, 0.5) is 24.9 Å². The molecule has 1 aromatic carbocycles. The quantitative estimate of drug-likeness (QED) is 0.909. The number of aromatic nitrogens is 2. The second-order valence-electron chi connectivity index (χ2n) is 4.72. The van der Waals surface area contributed by atoms with Crippen molar-refractivity contribution in [3.05, 3.63) is 47.2 Å². The number of halogens is 3. The number of nitrogens with two attached hydrogens (primary N) is 1. The molecule has 0 saturated heterocycles. The van der Waals surface area contributed by atoms with E-state index < -0.39 is 17.8 Å². The van der Waals surface area contributed by atoms with Crippen molar-refractivity contribution in [2.24, 2.45) is 0 Å². The maximum atomic E-state index is 12.7. The molecule has 4 nitrogen and oxygen atoms in total. The summed E-state index contributed by atoms with van der Waals surface area (Å²) in [6.07, 6.45) is -4.56. The third kappa shape index (κ3) is 3.62. The van der Waals surface area contributed by atoms with Crippen molar-refractivity contribution in [3.63, 3.8) is 0 Å². The Kier molecular flexibility index (Phi) is 4.02. The van der Waals surface area contributed by atoms with Gasteiger partial charge in [0.2, 0.25) is 5.95 Å². The molecule has 0 saturated carbocycles. The number of anilines is 2. The van der Waals surface area contributed by atoms with E-state index in [1.807, 2.05) is 38.1 Å². The van der Waals surface area contributed by atoms with Gasteiger partial charge in [0.1, 0.15) is 5.82 Å². The predicted octanol–water partition coefficient (Wildman–Crippen LogP) is 3.56. The van der Waals surface area contributed by atoms with Crippen molar-refractivity contribution >= 4 is 11.8 Å². The summed E-state index contributed by atoms with van der Waals surface area (Å²) in [6.45, 7) is 3.77. The zero-order valence-electron chi connectivity index (χ0n) is 11.6. The molecule has 0 spiro atoms. The van der Waals surface area contributed by atoms with E-state index in [1.54, 1.807) is 0 Å². The molecule has 0 radical (unpaired) electrons. The lowest BCUT2D eigenvalue weighted by Crippen LogP contribution is -2.15. The lowest BCUT2D eigenvalue weighted by molar-refractivity contribution is -0.141. The Labute approximate surface area is 120 Å². The van der Waals surface area contributed by atoms with Crippen LogP contribution in [0.3, 0.4) is 0 Å². The number of benzene rings is 1. The van der Waals surface area contributed by atoms with Crippen LogP contribution in [0.5, 0.6) is 0 Å². The normalized spacial score (nSPS) is 13.0. The molecule has 1 heterocycles. The fourth-order valence-corrected chi connectivity index (χ4v) is 2.06. The predicted molar refractivity (Wildman–Crippen MR) is 74.7 cm³/mol. The third-order valence-corrected chi connectivity index (χ3v) is 3.05. The molecule has 0 amide bonds. The van der Waals surface area contributed by atoms with E-state index in [1.165, 1.54) is 0 Å². The maximum Gasteiger partial charge on any atom is 0.433 e. The molecule has 0 aliphatic heterocycles. The second kappa shape index (κ2) is 5.59. The van der Waals surface area contributed by atoms with Crippen LogP contribution >= 0.6 is 0 Å². The average Bonchev–Trinajstić information content (AvgIpc) is 2.37.